The summed E-state index contributed by atoms with van der Waals surface area (Å²) in [7, 11) is 3.20. The van der Waals surface area contributed by atoms with Crippen molar-refractivity contribution in [1.82, 2.24) is 33.6 Å². The van der Waals surface area contributed by atoms with Crippen LogP contribution in [0.15, 0.2) is 203 Å². The van der Waals surface area contributed by atoms with E-state index in [1.54, 1.807) is 85.1 Å². The quantitative estimate of drug-likeness (QED) is 0.0607. The van der Waals surface area contributed by atoms with Crippen LogP contribution in [0, 0.1) is 20.8 Å². The Kier molecular flexibility index (Phi) is 25.9. The molecule has 0 spiro atoms. The van der Waals surface area contributed by atoms with E-state index in [9.17, 15) is 50.7 Å². The van der Waals surface area contributed by atoms with Gasteiger partial charge < -0.3 is 51.6 Å². The van der Waals surface area contributed by atoms with Crippen LogP contribution in [0.3, 0.4) is 0 Å². The maximum absolute atomic E-state index is 13.6. The number of benzene rings is 8. The summed E-state index contributed by atoms with van der Waals surface area (Å²) < 4.78 is 121. The van der Waals surface area contributed by atoms with E-state index in [0.29, 0.717) is 93.2 Å². The number of methoxy groups -OCH3 is 2. The number of hydrogen-bond acceptors (Lipinski definition) is 18. The number of nitrogens with zero attached hydrogens (tertiary/aromatic N) is 7. The number of hydrogen-bond donors (Lipinski definition) is 0. The number of ether oxygens (including phenoxy) is 8. The van der Waals surface area contributed by atoms with Crippen molar-refractivity contribution in [2.75, 3.05) is 34.0 Å². The summed E-state index contributed by atoms with van der Waals surface area (Å²) in [5.74, 6) is 3.07. The summed E-state index contributed by atoms with van der Waals surface area (Å²) in [6.45, 7) is 29.4. The summed E-state index contributed by atoms with van der Waals surface area (Å²) in [6.07, 6.45) is -0.185. The monoisotopic (exact) mass is 1820 g/mol. The predicted octanol–water partition coefficient (Wildman–Crippen LogP) is 22.2. The fourth-order valence-corrected chi connectivity index (χ4v) is 18.6. The maximum atomic E-state index is 13.6. The van der Waals surface area contributed by atoms with Crippen LogP contribution < -0.4 is 40.4 Å². The highest BCUT2D eigenvalue weighted by molar-refractivity contribution is 6.12. The van der Waals surface area contributed by atoms with Crippen LogP contribution >= 0.6 is 0 Å². The molecule has 7 aromatic heterocycles. The molecule has 3 atom stereocenters. The lowest BCUT2D eigenvalue weighted by Gasteiger charge is -2.30. The summed E-state index contributed by atoms with van der Waals surface area (Å²) in [4.78, 5) is 98.5. The zero-order chi connectivity index (χ0) is 95.6. The number of halogens is 5. The van der Waals surface area contributed by atoms with Gasteiger partial charge in [-0.25, -0.2) is 8.78 Å². The van der Waals surface area contributed by atoms with Crippen molar-refractivity contribution in [2.45, 2.75) is 190 Å². The minimum atomic E-state index is -4.58. The van der Waals surface area contributed by atoms with Crippen molar-refractivity contribution < 1.29 is 74.2 Å². The molecule has 0 bridgehead atoms. The van der Waals surface area contributed by atoms with Gasteiger partial charge in [-0.05, 0) is 303 Å². The van der Waals surface area contributed by atoms with Crippen LogP contribution in [-0.4, -0.2) is 102 Å². The standard InChI is InChI=1S/C37H38N2O6.C36H34F2N2O4.C35H32F3N3O4/c1-21-16-29-27(9-11-31(41)39(29)20-23-17-25(42-6)19-26(18-23)43-7)34(32(21)36(22(2)40)45-37(3,4)5)28-8-10-30-33-24(13-15-44-30)12-14-38-35(28)33;1-20-17-27-25(10-12-29(42)40(27)19-22-7-6-8-24(18-22)35(37)38)32(30(20)34(21(2)41)44-36(3,4)5)26-9-11-28-31-23(14-16-43-28)13-15-39-33(26)31;1-19-14-26-24(7-9-28(43)41(26)18-21-15-23(17-39-16-21)35(36,37)38)31(29(19)33(20(2)42)45-34(3,4)5)25-6-8-27-30-22(11-13-44-27)10-12-40-32(25)30/h8-12,14,16-19,36H,13,15,20H2,1-7H3;6-13,15,17-18,34-35H,14,16,19H2,1-5H3;6-10,12,14-17,33H,11,13,18H2,1-5H3. The zero-order valence-electron chi connectivity index (χ0n) is 77.8. The Labute approximate surface area is 770 Å². The minimum Gasteiger partial charge on any atom is -0.497 e. The molecule has 0 N–H and O–H groups in total. The van der Waals surface area contributed by atoms with Crippen LogP contribution in [0.4, 0.5) is 22.0 Å². The molecule has 0 aliphatic carbocycles. The molecule has 18 rings (SSSR count). The van der Waals surface area contributed by atoms with E-state index in [-0.39, 0.29) is 59.2 Å². The van der Waals surface area contributed by atoms with Crippen molar-refractivity contribution in [3.05, 3.63) is 298 Å². The molecule has 0 saturated heterocycles. The van der Waals surface area contributed by atoms with E-state index >= 15 is 0 Å². The van der Waals surface area contributed by atoms with E-state index in [2.05, 4.69) is 4.98 Å². The van der Waals surface area contributed by atoms with Crippen LogP contribution in [0.25, 0.3) is 98.8 Å². The zero-order valence-corrected chi connectivity index (χ0v) is 77.8. The first-order valence-electron chi connectivity index (χ1n) is 44.4. The maximum Gasteiger partial charge on any atom is 0.417 e. The van der Waals surface area contributed by atoms with Gasteiger partial charge in [-0.1, -0.05) is 18.2 Å². The lowest BCUT2D eigenvalue weighted by molar-refractivity contribution is -0.139. The minimum absolute atomic E-state index is 0.0967. The van der Waals surface area contributed by atoms with Gasteiger partial charge >= 0.3 is 6.18 Å². The Bertz CT molecular complexity index is 7390. The first-order chi connectivity index (χ1) is 63.6. The van der Waals surface area contributed by atoms with Gasteiger partial charge in [0, 0.05) is 129 Å². The highest BCUT2D eigenvalue weighted by Gasteiger charge is 2.38. The van der Waals surface area contributed by atoms with Crippen molar-refractivity contribution >= 4 is 82.8 Å². The Morgan fingerprint density at radius 2 is 0.769 bits per heavy atom. The van der Waals surface area contributed by atoms with Crippen molar-refractivity contribution in [3.8, 4) is 62.1 Å². The van der Waals surface area contributed by atoms with Gasteiger partial charge in [0.05, 0.1) is 109 Å². The van der Waals surface area contributed by atoms with Crippen LogP contribution in [-0.2, 0) is 73.7 Å². The second-order valence-electron chi connectivity index (χ2n) is 37.2. The van der Waals surface area contributed by atoms with E-state index in [1.807, 2.05) is 174 Å². The summed E-state index contributed by atoms with van der Waals surface area (Å²) in [6, 6.07) is 45.8. The largest absolute Gasteiger partial charge is 0.497 e. The van der Waals surface area contributed by atoms with Gasteiger partial charge in [-0.3, -0.25) is 48.7 Å². The summed E-state index contributed by atoms with van der Waals surface area (Å²) in [5.41, 5.74) is 14.3. The molecular formula is C108H104F5N7O14. The number of carbonyl (C=O) groups excluding carboxylic acids is 3. The van der Waals surface area contributed by atoms with E-state index < -0.39 is 58.8 Å². The fourth-order valence-electron chi connectivity index (χ4n) is 18.6. The molecular weight excluding hydrogens is 1710 g/mol. The SMILES string of the molecule is CC(=O)C(OC(C)(C)C)c1c(C)cc2c(ccc(=O)n2Cc2cccc(C(F)F)c2)c1-c1ccc2c3c(ccnc13)CCO2.CC(=O)C(OC(C)(C)C)c1c(C)cc2c(ccc(=O)n2Cc2cncc(C(F)(F)F)c2)c1-c1ccc2c3c(ccnc13)CCO2.COc1cc(Cn2c(=O)ccc3c(-c4ccc5c6c(ccnc46)CCO5)c(C(OC(C)(C)C)C(C)=O)c(C)cc32)cc(OC)c1. The summed E-state index contributed by atoms with van der Waals surface area (Å²) >= 11 is 0. The third-order valence-electron chi connectivity index (χ3n) is 24.2. The molecule has 15 aromatic rings. The number of fused-ring (bicyclic) bond motifs is 3. The number of aryl methyl sites for hydroxylation is 3. The van der Waals surface area contributed by atoms with Crippen LogP contribution in [0.5, 0.6) is 28.7 Å². The second kappa shape index (κ2) is 37.0. The first-order valence-corrected chi connectivity index (χ1v) is 44.4. The van der Waals surface area contributed by atoms with E-state index in [1.165, 1.54) is 54.4 Å². The number of Topliss-reactive ketones (excluding diaryl/α,β-unsaturated/α-hetero) is 3. The number of aromatic nitrogens is 7. The molecule has 0 fully saturated rings. The number of alkyl halides is 5. The molecule has 10 heterocycles. The Morgan fingerprint density at radius 1 is 0.418 bits per heavy atom. The Morgan fingerprint density at radius 3 is 1.10 bits per heavy atom. The molecule has 0 radical (unpaired) electrons. The third kappa shape index (κ3) is 18.9. The van der Waals surface area contributed by atoms with E-state index in [0.717, 1.165) is 141 Å². The molecule has 690 valence electrons. The van der Waals surface area contributed by atoms with E-state index in [4.69, 9.17) is 52.8 Å². The molecule has 3 aliphatic heterocycles. The van der Waals surface area contributed by atoms with Crippen molar-refractivity contribution in [3.63, 3.8) is 0 Å². The molecule has 0 saturated carbocycles. The average Bonchev–Trinajstić information content (AvgIpc) is 0.733. The van der Waals surface area contributed by atoms with Gasteiger partial charge in [0.1, 0.15) is 47.1 Å². The number of pyridine rings is 7. The molecule has 3 unspecified atom stereocenters. The number of ketones is 3. The Balaban J connectivity index is 0.000000146. The Hall–Kier alpha value is -13.7. The number of rotatable bonds is 21. The van der Waals surface area contributed by atoms with Gasteiger partial charge in [-0.15, -0.1) is 0 Å². The van der Waals surface area contributed by atoms with Crippen LogP contribution in [0.1, 0.15) is 186 Å². The summed E-state index contributed by atoms with van der Waals surface area (Å²) in [5, 5.41) is 4.92. The predicted molar refractivity (Wildman–Crippen MR) is 509 cm³/mol. The lowest BCUT2D eigenvalue weighted by atomic mass is 9.85. The molecule has 134 heavy (non-hydrogen) atoms. The van der Waals surface area contributed by atoms with Gasteiger partial charge in [-0.2, -0.15) is 13.2 Å². The third-order valence-corrected chi connectivity index (χ3v) is 24.2. The highest BCUT2D eigenvalue weighted by Crippen LogP contribution is 2.51. The van der Waals surface area contributed by atoms with Crippen molar-refractivity contribution in [1.29, 1.82) is 0 Å². The van der Waals surface area contributed by atoms with Crippen molar-refractivity contribution in [2.24, 2.45) is 0 Å². The van der Waals surface area contributed by atoms with Gasteiger partial charge in [0.25, 0.3) is 23.1 Å². The van der Waals surface area contributed by atoms with Crippen LogP contribution in [0.2, 0.25) is 0 Å². The van der Waals surface area contributed by atoms with Gasteiger partial charge in [0.15, 0.2) is 17.3 Å². The molecule has 26 heteroatoms. The second-order valence-corrected chi connectivity index (χ2v) is 37.2. The average molecular weight is 1820 g/mol. The fraction of sp³-hybridized carbons (Fsp3) is 0.315. The first kappa shape index (κ1) is 93.5. The highest BCUT2D eigenvalue weighted by atomic mass is 19.4. The normalized spacial score (nSPS) is 13.8. The number of carbonyl (C=O) groups is 3. The smallest absolute Gasteiger partial charge is 0.417 e. The topological polar surface area (TPSA) is 243 Å². The molecule has 21 nitrogen and oxygen atoms in total. The molecule has 3 aliphatic rings. The lowest BCUT2D eigenvalue weighted by Crippen LogP contribution is -2.27. The molecule has 8 aromatic carbocycles. The molecule has 0 amide bonds. The van der Waals surface area contributed by atoms with Gasteiger partial charge in [0.2, 0.25) is 0 Å².